The minimum atomic E-state index is -4.49. The van der Waals surface area contributed by atoms with Crippen LogP contribution in [0.5, 0.6) is 11.5 Å². The molecule has 1 unspecified atom stereocenters. The Hall–Kier alpha value is -3.64. The van der Waals surface area contributed by atoms with Crippen molar-refractivity contribution in [3.63, 3.8) is 0 Å². The summed E-state index contributed by atoms with van der Waals surface area (Å²) >= 11 is 6.35. The van der Waals surface area contributed by atoms with Gasteiger partial charge in [-0.1, -0.05) is 17.7 Å². The molecule has 8 nitrogen and oxygen atoms in total. The number of nitrogens with one attached hydrogen (secondary N) is 2. The van der Waals surface area contributed by atoms with E-state index in [9.17, 15) is 22.2 Å². The summed E-state index contributed by atoms with van der Waals surface area (Å²) in [5, 5.41) is 6.07. The maximum atomic E-state index is 13.0. The molecule has 1 amide bonds. The first kappa shape index (κ1) is 26.4. The molecule has 194 valence electrons. The predicted octanol–water partition coefficient (Wildman–Crippen LogP) is 5.13. The van der Waals surface area contributed by atoms with Gasteiger partial charge in [0.05, 0.1) is 16.1 Å². The van der Waals surface area contributed by atoms with Crippen molar-refractivity contribution in [2.24, 2.45) is 0 Å². The number of hydrogen-bond donors (Lipinski definition) is 2. The Morgan fingerprint density at radius 3 is 2.70 bits per heavy atom. The van der Waals surface area contributed by atoms with E-state index in [0.29, 0.717) is 35.6 Å². The third kappa shape index (κ3) is 6.77. The van der Waals surface area contributed by atoms with Crippen LogP contribution < -0.4 is 15.4 Å². The molecule has 0 bridgehead atoms. The average Bonchev–Trinajstić information content (AvgIpc) is 3.24. The third-order valence-electron chi connectivity index (χ3n) is 5.14. The molecule has 0 saturated heterocycles. The smallest absolute Gasteiger partial charge is 0.416 e. The van der Waals surface area contributed by atoms with Gasteiger partial charge in [-0.2, -0.15) is 13.2 Å². The number of aromatic nitrogens is 3. The van der Waals surface area contributed by atoms with Gasteiger partial charge in [0.25, 0.3) is 0 Å². The van der Waals surface area contributed by atoms with Crippen LogP contribution in [0.4, 0.5) is 24.7 Å². The molecule has 0 aliphatic rings. The van der Waals surface area contributed by atoms with Gasteiger partial charge in [-0.3, -0.25) is 9.00 Å². The third-order valence-corrected chi connectivity index (χ3v) is 6.11. The quantitative estimate of drug-likeness (QED) is 0.299. The maximum absolute atomic E-state index is 13.0. The maximum Gasteiger partial charge on any atom is 0.416 e. The number of amides is 1. The van der Waals surface area contributed by atoms with E-state index in [2.05, 4.69) is 20.6 Å². The van der Waals surface area contributed by atoms with Crippen molar-refractivity contribution in [1.29, 1.82) is 0 Å². The van der Waals surface area contributed by atoms with E-state index in [1.807, 2.05) is 16.8 Å². The molecule has 4 aromatic rings. The number of nitrogens with zero attached hydrogens (tertiary/aromatic N) is 3. The summed E-state index contributed by atoms with van der Waals surface area (Å²) in [5.41, 5.74) is 1.10. The first-order valence-corrected chi connectivity index (χ1v) is 13.0. The number of halogens is 4. The summed E-state index contributed by atoms with van der Waals surface area (Å²) < 4.78 is 57.6. The molecule has 37 heavy (non-hydrogen) atoms. The number of ether oxygens (including phenoxy) is 1. The highest BCUT2D eigenvalue weighted by Gasteiger charge is 2.30. The number of fused-ring (bicyclic) bond motifs is 1. The van der Waals surface area contributed by atoms with Crippen LogP contribution in [-0.4, -0.2) is 43.2 Å². The number of carbonyl (C=O) groups excluding carboxylic acids is 1. The Labute approximate surface area is 217 Å². The van der Waals surface area contributed by atoms with E-state index in [4.69, 9.17) is 16.3 Å². The molecular weight excluding hydrogens is 531 g/mol. The van der Waals surface area contributed by atoms with Crippen LogP contribution >= 0.6 is 11.6 Å². The Morgan fingerprint density at radius 2 is 1.97 bits per heavy atom. The fourth-order valence-corrected chi connectivity index (χ4v) is 4.21. The standard InChI is InChI=1S/C24H21ClF3N5O3S/c1-37(35)13-21(34)29-8-10-33-9-7-19-22(33)23(31-14-30-19)32-16-5-6-20(18(25)12-16)36-17-4-2-3-15(11-17)24(26,27)28/h2-7,9,11-12,14H,8,10,13H2,1H3,(H,29,34)(H,30,31,32). The van der Waals surface area contributed by atoms with Crippen molar-refractivity contribution in [3.05, 3.63) is 71.6 Å². The van der Waals surface area contributed by atoms with Gasteiger partial charge in [-0.15, -0.1) is 0 Å². The zero-order valence-corrected chi connectivity index (χ0v) is 21.0. The van der Waals surface area contributed by atoms with Gasteiger partial charge in [0.1, 0.15) is 29.1 Å². The number of benzene rings is 2. The van der Waals surface area contributed by atoms with E-state index in [1.54, 1.807) is 12.1 Å². The van der Waals surface area contributed by atoms with Crippen LogP contribution in [0.15, 0.2) is 61.1 Å². The lowest BCUT2D eigenvalue weighted by Gasteiger charge is -2.13. The summed E-state index contributed by atoms with van der Waals surface area (Å²) in [5.74, 6) is 0.320. The number of rotatable bonds is 9. The van der Waals surface area contributed by atoms with Crippen LogP contribution in [0.25, 0.3) is 11.0 Å². The highest BCUT2D eigenvalue weighted by Crippen LogP contribution is 2.36. The van der Waals surface area contributed by atoms with Crippen LogP contribution in [-0.2, 0) is 28.3 Å². The molecule has 0 saturated carbocycles. The zero-order valence-electron chi connectivity index (χ0n) is 19.4. The molecule has 2 aromatic carbocycles. The summed E-state index contributed by atoms with van der Waals surface area (Å²) in [7, 11) is -1.22. The molecule has 2 heterocycles. The van der Waals surface area contributed by atoms with Crippen molar-refractivity contribution < 1.29 is 26.9 Å². The lowest BCUT2D eigenvalue weighted by molar-refractivity contribution is -0.137. The predicted molar refractivity (Wildman–Crippen MR) is 136 cm³/mol. The van der Waals surface area contributed by atoms with E-state index in [-0.39, 0.29) is 28.2 Å². The molecule has 0 radical (unpaired) electrons. The van der Waals surface area contributed by atoms with Crippen LogP contribution in [0, 0.1) is 0 Å². The monoisotopic (exact) mass is 551 g/mol. The van der Waals surface area contributed by atoms with Crippen LogP contribution in [0.1, 0.15) is 5.56 Å². The highest BCUT2D eigenvalue weighted by atomic mass is 35.5. The van der Waals surface area contributed by atoms with Gasteiger partial charge in [0.2, 0.25) is 5.91 Å². The number of anilines is 2. The Balaban J connectivity index is 1.49. The second-order valence-corrected chi connectivity index (χ2v) is 9.77. The van der Waals surface area contributed by atoms with Crippen molar-refractivity contribution in [2.45, 2.75) is 12.7 Å². The lowest BCUT2D eigenvalue weighted by atomic mass is 10.2. The van der Waals surface area contributed by atoms with Crippen LogP contribution in [0.2, 0.25) is 5.02 Å². The van der Waals surface area contributed by atoms with Gasteiger partial charge >= 0.3 is 6.18 Å². The molecule has 0 fully saturated rings. The first-order chi connectivity index (χ1) is 17.6. The number of alkyl halides is 3. The van der Waals surface area contributed by atoms with E-state index < -0.39 is 22.5 Å². The molecule has 1 atom stereocenters. The molecule has 4 rings (SSSR count). The first-order valence-electron chi connectivity index (χ1n) is 10.9. The zero-order chi connectivity index (χ0) is 26.6. The minimum absolute atomic E-state index is 0.00467. The average molecular weight is 552 g/mol. The molecule has 0 aliphatic heterocycles. The molecule has 2 aromatic heterocycles. The SMILES string of the molecule is CS(=O)CC(=O)NCCn1ccc2ncnc(Nc3ccc(Oc4cccc(C(F)(F)F)c4)c(Cl)c3)c21. The van der Waals surface area contributed by atoms with Crippen LogP contribution in [0.3, 0.4) is 0 Å². The molecule has 0 spiro atoms. The molecule has 2 N–H and O–H groups in total. The van der Waals surface area contributed by atoms with Crippen molar-refractivity contribution in [2.75, 3.05) is 23.9 Å². The van der Waals surface area contributed by atoms with E-state index in [1.165, 1.54) is 30.8 Å². The van der Waals surface area contributed by atoms with Crippen molar-refractivity contribution in [1.82, 2.24) is 19.9 Å². The van der Waals surface area contributed by atoms with Gasteiger partial charge < -0.3 is 19.9 Å². The fraction of sp³-hybridized carbons (Fsp3) is 0.208. The largest absolute Gasteiger partial charge is 0.456 e. The van der Waals surface area contributed by atoms with E-state index in [0.717, 1.165) is 12.1 Å². The Bertz CT molecular complexity index is 1460. The molecular formula is C24H21ClF3N5O3S. The summed E-state index contributed by atoms with van der Waals surface area (Å²) in [6.07, 6.45) is 0.192. The fourth-order valence-electron chi connectivity index (χ4n) is 3.52. The normalized spacial score (nSPS) is 12.4. The van der Waals surface area contributed by atoms with Gasteiger partial charge in [-0.25, -0.2) is 9.97 Å². The van der Waals surface area contributed by atoms with E-state index >= 15 is 0 Å². The number of carbonyl (C=O) groups is 1. The number of hydrogen-bond acceptors (Lipinski definition) is 6. The highest BCUT2D eigenvalue weighted by molar-refractivity contribution is 7.85. The van der Waals surface area contributed by atoms with Crippen molar-refractivity contribution >= 4 is 50.8 Å². The van der Waals surface area contributed by atoms with Crippen molar-refractivity contribution in [3.8, 4) is 11.5 Å². The lowest BCUT2D eigenvalue weighted by Crippen LogP contribution is -2.30. The summed E-state index contributed by atoms with van der Waals surface area (Å²) in [6.45, 7) is 0.750. The minimum Gasteiger partial charge on any atom is -0.456 e. The molecule has 13 heteroatoms. The van der Waals surface area contributed by atoms with Gasteiger partial charge in [0.15, 0.2) is 5.82 Å². The van der Waals surface area contributed by atoms with Gasteiger partial charge in [-0.05, 0) is 42.5 Å². The Kier molecular flexibility index (Phi) is 7.98. The summed E-state index contributed by atoms with van der Waals surface area (Å²) in [4.78, 5) is 20.3. The Morgan fingerprint density at radius 1 is 1.16 bits per heavy atom. The second kappa shape index (κ2) is 11.2. The topological polar surface area (TPSA) is 98.1 Å². The van der Waals surface area contributed by atoms with Gasteiger partial charge in [0, 0.05) is 42.0 Å². The molecule has 0 aliphatic carbocycles. The summed E-state index contributed by atoms with van der Waals surface area (Å²) in [6, 6.07) is 11.1. The second-order valence-electron chi connectivity index (χ2n) is 7.93.